The van der Waals surface area contributed by atoms with Crippen LogP contribution >= 0.6 is 22.6 Å². The summed E-state index contributed by atoms with van der Waals surface area (Å²) in [5.74, 6) is -2.05. The summed E-state index contributed by atoms with van der Waals surface area (Å²) >= 11 is 1.85. The van der Waals surface area contributed by atoms with Crippen LogP contribution in [-0.2, 0) is 0 Å². The maximum absolute atomic E-state index is 13.0. The van der Waals surface area contributed by atoms with Crippen molar-refractivity contribution < 1.29 is 19.1 Å². The highest BCUT2D eigenvalue weighted by Gasteiger charge is 2.15. The topological polar surface area (TPSA) is 66.4 Å². The number of amides is 1. The number of hydrogen-bond donors (Lipinski definition) is 2. The van der Waals surface area contributed by atoms with Crippen molar-refractivity contribution in [1.82, 2.24) is 0 Å². The van der Waals surface area contributed by atoms with Crippen molar-refractivity contribution >= 4 is 40.2 Å². The molecule has 6 heteroatoms. The molecule has 0 aliphatic rings. The zero-order valence-electron chi connectivity index (χ0n) is 10.1. The summed E-state index contributed by atoms with van der Waals surface area (Å²) in [7, 11) is 0. The van der Waals surface area contributed by atoms with E-state index in [0.717, 1.165) is 0 Å². The lowest BCUT2D eigenvalue weighted by Gasteiger charge is -2.09. The number of carbonyl (C=O) groups is 2. The smallest absolute Gasteiger partial charge is 0.337 e. The van der Waals surface area contributed by atoms with Crippen molar-refractivity contribution in [1.29, 1.82) is 0 Å². The van der Waals surface area contributed by atoms with Crippen molar-refractivity contribution in [2.75, 3.05) is 5.32 Å². The molecular weight excluding hydrogens is 376 g/mol. The largest absolute Gasteiger partial charge is 0.478 e. The van der Waals surface area contributed by atoms with Gasteiger partial charge < -0.3 is 10.4 Å². The fraction of sp³-hybridized carbons (Fsp3) is 0. The highest BCUT2D eigenvalue weighted by atomic mass is 127. The molecule has 2 aromatic rings. The van der Waals surface area contributed by atoms with Gasteiger partial charge in [0.2, 0.25) is 0 Å². The summed E-state index contributed by atoms with van der Waals surface area (Å²) < 4.78 is 13.4. The van der Waals surface area contributed by atoms with E-state index in [1.807, 2.05) is 22.6 Å². The predicted octanol–water partition coefficient (Wildman–Crippen LogP) is 3.38. The number of carboxylic acid groups (broad SMARTS) is 1. The summed E-state index contributed by atoms with van der Waals surface area (Å²) in [6.45, 7) is 0. The molecule has 2 N–H and O–H groups in total. The summed E-state index contributed by atoms with van der Waals surface area (Å²) in [5.41, 5.74) is 0.482. The van der Waals surface area contributed by atoms with Crippen molar-refractivity contribution in [3.8, 4) is 0 Å². The second-order valence-corrected chi connectivity index (χ2v) is 5.09. The van der Waals surface area contributed by atoms with Crippen molar-refractivity contribution in [2.45, 2.75) is 0 Å². The van der Waals surface area contributed by atoms with Crippen molar-refractivity contribution in [2.24, 2.45) is 0 Å². The van der Waals surface area contributed by atoms with Crippen LogP contribution in [0.15, 0.2) is 42.5 Å². The van der Waals surface area contributed by atoms with E-state index in [4.69, 9.17) is 5.11 Å². The number of carbonyl (C=O) groups excluding carboxylic acids is 1. The molecule has 0 aliphatic carbocycles. The molecule has 0 heterocycles. The van der Waals surface area contributed by atoms with E-state index in [2.05, 4.69) is 5.32 Å². The Hall–Kier alpha value is -1.96. The Morgan fingerprint density at radius 1 is 1.10 bits per heavy atom. The number of benzene rings is 2. The number of rotatable bonds is 3. The van der Waals surface area contributed by atoms with E-state index < -0.39 is 17.7 Å². The monoisotopic (exact) mass is 385 g/mol. The minimum atomic E-state index is -1.13. The number of carboxylic acids is 1. The normalized spacial score (nSPS) is 10.1. The molecule has 0 radical (unpaired) electrons. The third kappa shape index (κ3) is 3.13. The van der Waals surface area contributed by atoms with Crippen LogP contribution in [0.4, 0.5) is 10.1 Å². The van der Waals surface area contributed by atoms with Crippen LogP contribution in [0.2, 0.25) is 0 Å². The third-order valence-electron chi connectivity index (χ3n) is 2.58. The van der Waals surface area contributed by atoms with Gasteiger partial charge in [0.05, 0.1) is 16.8 Å². The molecule has 2 rings (SSSR count). The number of para-hydroxylation sites is 1. The van der Waals surface area contributed by atoms with Crippen LogP contribution in [0, 0.1) is 9.39 Å². The molecule has 20 heavy (non-hydrogen) atoms. The first-order valence-corrected chi connectivity index (χ1v) is 6.65. The van der Waals surface area contributed by atoms with Gasteiger partial charge in [0, 0.05) is 3.57 Å². The van der Waals surface area contributed by atoms with E-state index in [1.54, 1.807) is 12.1 Å². The van der Waals surface area contributed by atoms with Gasteiger partial charge in [0.15, 0.2) is 0 Å². The maximum atomic E-state index is 13.0. The SMILES string of the molecule is O=C(Nc1ccccc1C(=O)O)c1ccc(F)cc1I. The fourth-order valence-corrected chi connectivity index (χ4v) is 2.36. The van der Waals surface area contributed by atoms with E-state index in [-0.39, 0.29) is 16.8 Å². The van der Waals surface area contributed by atoms with Crippen LogP contribution in [-0.4, -0.2) is 17.0 Å². The lowest BCUT2D eigenvalue weighted by Crippen LogP contribution is -2.16. The van der Waals surface area contributed by atoms with Crippen molar-refractivity contribution in [3.63, 3.8) is 0 Å². The molecule has 102 valence electrons. The number of nitrogens with one attached hydrogen (secondary N) is 1. The van der Waals surface area contributed by atoms with Crippen LogP contribution in [0.1, 0.15) is 20.7 Å². The Morgan fingerprint density at radius 2 is 1.80 bits per heavy atom. The van der Waals surface area contributed by atoms with Crippen LogP contribution < -0.4 is 5.32 Å². The number of hydrogen-bond acceptors (Lipinski definition) is 2. The van der Waals surface area contributed by atoms with Gasteiger partial charge in [0.1, 0.15) is 5.82 Å². The molecule has 0 bridgehead atoms. The van der Waals surface area contributed by atoms with Crippen LogP contribution in [0.5, 0.6) is 0 Å². The second kappa shape index (κ2) is 6.00. The minimum absolute atomic E-state index is 0.00188. The first-order chi connectivity index (χ1) is 9.49. The van der Waals surface area contributed by atoms with Crippen molar-refractivity contribution in [3.05, 3.63) is 63.0 Å². The van der Waals surface area contributed by atoms with Gasteiger partial charge in [-0.15, -0.1) is 0 Å². The molecule has 4 nitrogen and oxygen atoms in total. The quantitative estimate of drug-likeness (QED) is 0.797. The summed E-state index contributed by atoms with van der Waals surface area (Å²) in [6, 6.07) is 9.86. The Bertz CT molecular complexity index is 688. The Morgan fingerprint density at radius 3 is 2.45 bits per heavy atom. The van der Waals surface area contributed by atoms with Gasteiger partial charge in [-0.1, -0.05) is 12.1 Å². The zero-order valence-corrected chi connectivity index (χ0v) is 12.2. The number of anilines is 1. The molecule has 0 fully saturated rings. The molecule has 0 saturated heterocycles. The highest BCUT2D eigenvalue weighted by molar-refractivity contribution is 14.1. The Kier molecular flexibility index (Phi) is 4.33. The van der Waals surface area contributed by atoms with Crippen LogP contribution in [0.25, 0.3) is 0 Å². The molecule has 0 unspecified atom stereocenters. The lowest BCUT2D eigenvalue weighted by molar-refractivity contribution is 0.0698. The molecule has 0 saturated carbocycles. The molecular formula is C14H9FINO3. The van der Waals surface area contributed by atoms with E-state index >= 15 is 0 Å². The molecule has 0 aliphatic heterocycles. The van der Waals surface area contributed by atoms with E-state index in [0.29, 0.717) is 3.57 Å². The standard InChI is InChI=1S/C14H9FINO3/c15-8-5-6-9(11(16)7-8)13(18)17-12-4-2-1-3-10(12)14(19)20/h1-7H,(H,17,18)(H,19,20). The number of halogens is 2. The highest BCUT2D eigenvalue weighted by Crippen LogP contribution is 2.19. The van der Waals surface area contributed by atoms with E-state index in [1.165, 1.54) is 30.3 Å². The lowest BCUT2D eigenvalue weighted by atomic mass is 10.1. The predicted molar refractivity (Wildman–Crippen MR) is 80.5 cm³/mol. The first kappa shape index (κ1) is 14.4. The Balaban J connectivity index is 2.30. The zero-order chi connectivity index (χ0) is 14.7. The minimum Gasteiger partial charge on any atom is -0.478 e. The summed E-state index contributed by atoms with van der Waals surface area (Å²) in [4.78, 5) is 23.1. The van der Waals surface area contributed by atoms with E-state index in [9.17, 15) is 14.0 Å². The molecule has 0 atom stereocenters. The summed E-state index contributed by atoms with van der Waals surface area (Å²) in [6.07, 6.45) is 0. The molecule has 1 amide bonds. The molecule has 0 aromatic heterocycles. The molecule has 2 aromatic carbocycles. The van der Waals surface area contributed by atoms with Crippen LogP contribution in [0.3, 0.4) is 0 Å². The maximum Gasteiger partial charge on any atom is 0.337 e. The fourth-order valence-electron chi connectivity index (χ4n) is 1.64. The van der Waals surface area contributed by atoms with Gasteiger partial charge in [-0.3, -0.25) is 4.79 Å². The molecule has 0 spiro atoms. The second-order valence-electron chi connectivity index (χ2n) is 3.93. The van der Waals surface area contributed by atoms with Gasteiger partial charge >= 0.3 is 5.97 Å². The average Bonchev–Trinajstić information content (AvgIpc) is 2.38. The Labute approximate surface area is 127 Å². The van der Waals surface area contributed by atoms with Gasteiger partial charge in [-0.25, -0.2) is 9.18 Å². The first-order valence-electron chi connectivity index (χ1n) is 5.58. The van der Waals surface area contributed by atoms with Gasteiger partial charge in [-0.2, -0.15) is 0 Å². The van der Waals surface area contributed by atoms with Gasteiger partial charge in [-0.05, 0) is 52.9 Å². The third-order valence-corrected chi connectivity index (χ3v) is 3.47. The van der Waals surface area contributed by atoms with Gasteiger partial charge in [0.25, 0.3) is 5.91 Å². The summed E-state index contributed by atoms with van der Waals surface area (Å²) in [5, 5.41) is 11.6. The average molecular weight is 385 g/mol. The number of aromatic carboxylic acids is 1.